The summed E-state index contributed by atoms with van der Waals surface area (Å²) in [7, 11) is 0. The lowest BCUT2D eigenvalue weighted by Gasteiger charge is -2.03. The van der Waals surface area contributed by atoms with E-state index >= 15 is 0 Å². The van der Waals surface area contributed by atoms with E-state index in [1.165, 1.54) is 16.6 Å². The van der Waals surface area contributed by atoms with E-state index in [1.54, 1.807) is 0 Å². The largest absolute Gasteiger partial charge is 0.346 e. The summed E-state index contributed by atoms with van der Waals surface area (Å²) in [4.78, 5) is 0. The molecule has 0 saturated heterocycles. The number of hydrogen-bond acceptors (Lipinski definition) is 2. The highest BCUT2D eigenvalue weighted by molar-refractivity contribution is 5.88. The van der Waals surface area contributed by atoms with Crippen LogP contribution in [0, 0.1) is 11.3 Å². The maximum Gasteiger partial charge on any atom is 0.101 e. The molecule has 0 fully saturated rings. The summed E-state index contributed by atoms with van der Waals surface area (Å²) in [6.45, 7) is 4.88. The zero-order valence-corrected chi connectivity index (χ0v) is 9.25. The third kappa shape index (κ3) is 1.17. The Morgan fingerprint density at radius 3 is 2.81 bits per heavy atom. The first-order valence-corrected chi connectivity index (χ1v) is 5.59. The monoisotopic (exact) mass is 211 g/mol. The van der Waals surface area contributed by atoms with Gasteiger partial charge in [-0.25, -0.2) is 0 Å². The molecule has 3 rings (SSSR count). The van der Waals surface area contributed by atoms with Crippen molar-refractivity contribution in [2.24, 2.45) is 0 Å². The lowest BCUT2D eigenvalue weighted by Crippen LogP contribution is -1.99. The molecule has 0 unspecified atom stereocenters. The van der Waals surface area contributed by atoms with Crippen LogP contribution in [0.15, 0.2) is 18.3 Å². The van der Waals surface area contributed by atoms with E-state index in [0.29, 0.717) is 0 Å². The molecule has 0 bridgehead atoms. The minimum Gasteiger partial charge on any atom is -0.346 e. The minimum absolute atomic E-state index is 0.784. The molecule has 16 heavy (non-hydrogen) atoms. The first-order chi connectivity index (χ1) is 7.83. The molecule has 0 radical (unpaired) electrons. The predicted octanol–water partition coefficient (Wildman–Crippen LogP) is 2.14. The third-order valence-electron chi connectivity index (χ3n) is 3.29. The Morgan fingerprint density at radius 2 is 2.12 bits per heavy atom. The summed E-state index contributed by atoms with van der Waals surface area (Å²) in [5, 5.41) is 13.5. The van der Waals surface area contributed by atoms with Gasteiger partial charge in [0.05, 0.1) is 5.56 Å². The van der Waals surface area contributed by atoms with Gasteiger partial charge in [-0.15, -0.1) is 0 Å². The summed E-state index contributed by atoms with van der Waals surface area (Å²) in [5.41, 5.74) is 4.66. The average Bonchev–Trinajstić information content (AvgIpc) is 2.88. The van der Waals surface area contributed by atoms with Crippen LogP contribution in [0.1, 0.15) is 23.6 Å². The van der Waals surface area contributed by atoms with Gasteiger partial charge < -0.3 is 9.88 Å². The molecule has 0 atom stereocenters. The van der Waals surface area contributed by atoms with Crippen LogP contribution in [-0.4, -0.2) is 4.57 Å². The summed E-state index contributed by atoms with van der Waals surface area (Å²) in [5.74, 6) is 0. The SMILES string of the molecule is CCn1cc(C#N)c2cc3c(cc21)CNC3. The molecular weight excluding hydrogens is 198 g/mol. The Bertz CT molecular complexity index is 602. The highest BCUT2D eigenvalue weighted by Crippen LogP contribution is 2.27. The Labute approximate surface area is 94.3 Å². The zero-order valence-electron chi connectivity index (χ0n) is 9.25. The Hall–Kier alpha value is -1.79. The summed E-state index contributed by atoms with van der Waals surface area (Å²) in [6.07, 6.45) is 1.95. The number of benzene rings is 1. The second-order valence-corrected chi connectivity index (χ2v) is 4.18. The number of nitrogens with one attached hydrogen (secondary N) is 1. The molecule has 1 aromatic carbocycles. The first kappa shape index (κ1) is 9.44. The Kier molecular flexibility index (Phi) is 1.98. The van der Waals surface area contributed by atoms with Crippen LogP contribution in [0.4, 0.5) is 0 Å². The van der Waals surface area contributed by atoms with Crippen molar-refractivity contribution in [2.75, 3.05) is 0 Å². The number of aryl methyl sites for hydroxylation is 1. The molecule has 0 spiro atoms. The molecule has 3 nitrogen and oxygen atoms in total. The number of rotatable bonds is 1. The van der Waals surface area contributed by atoms with E-state index in [0.717, 1.165) is 30.6 Å². The summed E-state index contributed by atoms with van der Waals surface area (Å²) < 4.78 is 2.15. The second-order valence-electron chi connectivity index (χ2n) is 4.18. The molecule has 0 amide bonds. The molecule has 1 aliphatic heterocycles. The van der Waals surface area contributed by atoms with Gasteiger partial charge in [0.2, 0.25) is 0 Å². The van der Waals surface area contributed by atoms with E-state index in [9.17, 15) is 0 Å². The Balaban J connectivity index is 2.36. The van der Waals surface area contributed by atoms with Crippen molar-refractivity contribution in [1.82, 2.24) is 9.88 Å². The molecule has 1 aliphatic rings. The van der Waals surface area contributed by atoms with E-state index < -0.39 is 0 Å². The van der Waals surface area contributed by atoms with Crippen LogP contribution in [0.3, 0.4) is 0 Å². The maximum absolute atomic E-state index is 9.11. The smallest absolute Gasteiger partial charge is 0.101 e. The van der Waals surface area contributed by atoms with Gasteiger partial charge in [0.1, 0.15) is 6.07 Å². The second kappa shape index (κ2) is 3.36. The molecule has 1 N–H and O–H groups in total. The van der Waals surface area contributed by atoms with Crippen molar-refractivity contribution < 1.29 is 0 Å². The number of nitriles is 1. The van der Waals surface area contributed by atoms with Gasteiger partial charge in [-0.05, 0) is 30.2 Å². The highest BCUT2D eigenvalue weighted by Gasteiger charge is 2.15. The summed E-state index contributed by atoms with van der Waals surface area (Å²) >= 11 is 0. The van der Waals surface area contributed by atoms with Gasteiger partial charge in [0.15, 0.2) is 0 Å². The molecule has 3 heteroatoms. The van der Waals surface area contributed by atoms with E-state index in [1.807, 2.05) is 6.20 Å². The number of nitrogens with zero attached hydrogens (tertiary/aromatic N) is 2. The van der Waals surface area contributed by atoms with E-state index in [2.05, 4.69) is 35.0 Å². The van der Waals surface area contributed by atoms with Crippen LogP contribution in [0.5, 0.6) is 0 Å². The van der Waals surface area contributed by atoms with Crippen molar-refractivity contribution in [3.8, 4) is 6.07 Å². The van der Waals surface area contributed by atoms with Crippen LogP contribution >= 0.6 is 0 Å². The predicted molar refractivity (Wildman–Crippen MR) is 62.9 cm³/mol. The van der Waals surface area contributed by atoms with Crippen LogP contribution < -0.4 is 5.32 Å². The zero-order chi connectivity index (χ0) is 11.1. The molecule has 2 heterocycles. The van der Waals surface area contributed by atoms with Crippen LogP contribution in [0.2, 0.25) is 0 Å². The first-order valence-electron chi connectivity index (χ1n) is 5.59. The maximum atomic E-state index is 9.11. The standard InChI is InChI=1S/C13H13N3/c1-2-16-8-11(5-14)12-3-9-6-15-7-10(9)4-13(12)16/h3-4,8,15H,2,6-7H2,1H3. The fraction of sp³-hybridized carbons (Fsp3) is 0.308. The van der Waals surface area contributed by atoms with Crippen molar-refractivity contribution in [3.05, 3.63) is 35.0 Å². The van der Waals surface area contributed by atoms with Crippen molar-refractivity contribution in [3.63, 3.8) is 0 Å². The number of hydrogen-bond donors (Lipinski definition) is 1. The van der Waals surface area contributed by atoms with Crippen molar-refractivity contribution >= 4 is 10.9 Å². The fourth-order valence-electron chi connectivity index (χ4n) is 2.44. The average molecular weight is 211 g/mol. The van der Waals surface area contributed by atoms with Crippen molar-refractivity contribution in [1.29, 1.82) is 5.26 Å². The van der Waals surface area contributed by atoms with Crippen LogP contribution in [-0.2, 0) is 19.6 Å². The van der Waals surface area contributed by atoms with E-state index in [4.69, 9.17) is 5.26 Å². The minimum atomic E-state index is 0.784. The van der Waals surface area contributed by atoms with E-state index in [-0.39, 0.29) is 0 Å². The number of fused-ring (bicyclic) bond motifs is 2. The van der Waals surface area contributed by atoms with Gasteiger partial charge in [0.25, 0.3) is 0 Å². The van der Waals surface area contributed by atoms with Crippen LogP contribution in [0.25, 0.3) is 10.9 Å². The van der Waals surface area contributed by atoms with Gasteiger partial charge in [-0.2, -0.15) is 5.26 Å². The van der Waals surface area contributed by atoms with Gasteiger partial charge in [0, 0.05) is 36.7 Å². The van der Waals surface area contributed by atoms with Gasteiger partial charge in [-0.1, -0.05) is 0 Å². The van der Waals surface area contributed by atoms with Gasteiger partial charge in [-0.3, -0.25) is 0 Å². The molecule has 80 valence electrons. The summed E-state index contributed by atoms with van der Waals surface area (Å²) in [6, 6.07) is 6.65. The lowest BCUT2D eigenvalue weighted by molar-refractivity contribution is 0.764. The lowest BCUT2D eigenvalue weighted by atomic mass is 10.1. The molecule has 0 aliphatic carbocycles. The van der Waals surface area contributed by atoms with Gasteiger partial charge >= 0.3 is 0 Å². The normalized spacial score (nSPS) is 14.0. The third-order valence-corrected chi connectivity index (χ3v) is 3.29. The molecule has 0 saturated carbocycles. The topological polar surface area (TPSA) is 40.8 Å². The molecular formula is C13H13N3. The number of aromatic nitrogens is 1. The molecule has 2 aromatic rings. The quantitative estimate of drug-likeness (QED) is 0.785. The van der Waals surface area contributed by atoms with Crippen molar-refractivity contribution in [2.45, 2.75) is 26.6 Å². The molecule has 1 aromatic heterocycles. The Morgan fingerprint density at radius 1 is 1.38 bits per heavy atom. The fourth-order valence-corrected chi connectivity index (χ4v) is 2.44. The highest BCUT2D eigenvalue weighted by atomic mass is 15.0.